The smallest absolute Gasteiger partial charge is 0.0636 e. The maximum atomic E-state index is 9.17. The number of aliphatic hydroxyl groups is 1. The van der Waals surface area contributed by atoms with Crippen LogP contribution < -0.4 is 5.32 Å². The second-order valence-corrected chi connectivity index (χ2v) is 3.99. The summed E-state index contributed by atoms with van der Waals surface area (Å²) in [4.78, 5) is 4.10. The van der Waals surface area contributed by atoms with Crippen LogP contribution in [0.2, 0.25) is 0 Å². The molecule has 84 valence electrons. The zero-order valence-electron chi connectivity index (χ0n) is 9.35. The SMILES string of the molecule is C[C@H](O)CNCc1cccc2cnccc12. The van der Waals surface area contributed by atoms with Crippen LogP contribution in [0.3, 0.4) is 0 Å². The maximum absolute atomic E-state index is 9.17. The zero-order chi connectivity index (χ0) is 11.4. The van der Waals surface area contributed by atoms with Gasteiger partial charge < -0.3 is 10.4 Å². The molecule has 1 heterocycles. The molecule has 3 nitrogen and oxygen atoms in total. The summed E-state index contributed by atoms with van der Waals surface area (Å²) in [5.41, 5.74) is 1.24. The molecule has 16 heavy (non-hydrogen) atoms. The Morgan fingerprint density at radius 1 is 1.38 bits per heavy atom. The first kappa shape index (κ1) is 11.0. The minimum atomic E-state index is -0.309. The Balaban J connectivity index is 2.17. The minimum absolute atomic E-state index is 0.309. The van der Waals surface area contributed by atoms with Crippen molar-refractivity contribution in [1.29, 1.82) is 0 Å². The van der Waals surface area contributed by atoms with Crippen LogP contribution in [0.4, 0.5) is 0 Å². The normalized spacial score (nSPS) is 12.9. The molecule has 3 heteroatoms. The highest BCUT2D eigenvalue weighted by molar-refractivity contribution is 5.84. The van der Waals surface area contributed by atoms with E-state index in [1.165, 1.54) is 10.9 Å². The van der Waals surface area contributed by atoms with Crippen LogP contribution in [0.25, 0.3) is 10.8 Å². The highest BCUT2D eigenvalue weighted by atomic mass is 16.3. The highest BCUT2D eigenvalue weighted by Crippen LogP contribution is 2.16. The van der Waals surface area contributed by atoms with E-state index in [9.17, 15) is 5.11 Å². The zero-order valence-corrected chi connectivity index (χ0v) is 9.35. The molecule has 1 atom stereocenters. The lowest BCUT2D eigenvalue weighted by atomic mass is 10.1. The van der Waals surface area contributed by atoms with E-state index in [0.29, 0.717) is 6.54 Å². The third-order valence-corrected chi connectivity index (χ3v) is 2.53. The Morgan fingerprint density at radius 3 is 3.06 bits per heavy atom. The number of pyridine rings is 1. The van der Waals surface area contributed by atoms with Gasteiger partial charge in [-0.3, -0.25) is 4.98 Å². The molecule has 0 unspecified atom stereocenters. The molecular formula is C13H16N2O. The lowest BCUT2D eigenvalue weighted by Crippen LogP contribution is -2.23. The van der Waals surface area contributed by atoms with Gasteiger partial charge in [0.2, 0.25) is 0 Å². The van der Waals surface area contributed by atoms with Gasteiger partial charge in [-0.25, -0.2) is 0 Å². The molecule has 2 rings (SSSR count). The lowest BCUT2D eigenvalue weighted by molar-refractivity contribution is 0.191. The van der Waals surface area contributed by atoms with Crippen LogP contribution >= 0.6 is 0 Å². The minimum Gasteiger partial charge on any atom is -0.392 e. The standard InChI is InChI=1S/C13H16N2O/c1-10(16)7-15-9-12-4-2-3-11-8-14-6-5-13(11)12/h2-6,8,10,15-16H,7,9H2,1H3/t10-/m0/s1. The lowest BCUT2D eigenvalue weighted by Gasteiger charge is -2.09. The number of nitrogens with zero attached hydrogens (tertiary/aromatic N) is 1. The largest absolute Gasteiger partial charge is 0.392 e. The van der Waals surface area contributed by atoms with Crippen LogP contribution in [0, 0.1) is 0 Å². The predicted octanol–water partition coefficient (Wildman–Crippen LogP) is 1.71. The van der Waals surface area contributed by atoms with E-state index in [4.69, 9.17) is 0 Å². The van der Waals surface area contributed by atoms with Crippen molar-refractivity contribution >= 4 is 10.8 Å². The third kappa shape index (κ3) is 2.56. The average Bonchev–Trinajstić information content (AvgIpc) is 2.29. The topological polar surface area (TPSA) is 45.1 Å². The second kappa shape index (κ2) is 5.05. The van der Waals surface area contributed by atoms with Crippen molar-refractivity contribution in [1.82, 2.24) is 10.3 Å². The molecule has 2 N–H and O–H groups in total. The van der Waals surface area contributed by atoms with Crippen molar-refractivity contribution in [2.75, 3.05) is 6.54 Å². The summed E-state index contributed by atoms with van der Waals surface area (Å²) in [6.07, 6.45) is 3.37. The molecule has 0 saturated heterocycles. The Hall–Kier alpha value is -1.45. The number of fused-ring (bicyclic) bond motifs is 1. The van der Waals surface area contributed by atoms with Crippen molar-refractivity contribution in [3.8, 4) is 0 Å². The third-order valence-electron chi connectivity index (χ3n) is 2.53. The van der Waals surface area contributed by atoms with Crippen molar-refractivity contribution in [2.45, 2.75) is 19.6 Å². The van der Waals surface area contributed by atoms with E-state index in [-0.39, 0.29) is 6.10 Å². The molecule has 0 amide bonds. The van der Waals surface area contributed by atoms with E-state index >= 15 is 0 Å². The molecule has 0 fully saturated rings. The fourth-order valence-electron chi connectivity index (χ4n) is 1.76. The summed E-state index contributed by atoms with van der Waals surface area (Å²) < 4.78 is 0. The fourth-order valence-corrected chi connectivity index (χ4v) is 1.76. The van der Waals surface area contributed by atoms with Gasteiger partial charge in [0.1, 0.15) is 0 Å². The highest BCUT2D eigenvalue weighted by Gasteiger charge is 2.00. The number of rotatable bonds is 4. The first-order valence-electron chi connectivity index (χ1n) is 5.48. The molecule has 0 aliphatic carbocycles. The van der Waals surface area contributed by atoms with Crippen LogP contribution in [0.5, 0.6) is 0 Å². The summed E-state index contributed by atoms with van der Waals surface area (Å²) in [5.74, 6) is 0. The average molecular weight is 216 g/mol. The van der Waals surface area contributed by atoms with Crippen molar-refractivity contribution in [2.24, 2.45) is 0 Å². The number of benzene rings is 1. The van der Waals surface area contributed by atoms with Gasteiger partial charge in [0, 0.05) is 30.9 Å². The second-order valence-electron chi connectivity index (χ2n) is 3.99. The van der Waals surface area contributed by atoms with E-state index in [2.05, 4.69) is 22.4 Å². The maximum Gasteiger partial charge on any atom is 0.0636 e. The molecule has 1 aromatic heterocycles. The summed E-state index contributed by atoms with van der Waals surface area (Å²) in [6.45, 7) is 3.16. The first-order chi connectivity index (χ1) is 7.77. The predicted molar refractivity (Wildman–Crippen MR) is 65.1 cm³/mol. The first-order valence-corrected chi connectivity index (χ1v) is 5.48. The molecule has 0 aliphatic rings. The number of aromatic nitrogens is 1. The molecule has 1 aromatic carbocycles. The van der Waals surface area contributed by atoms with E-state index < -0.39 is 0 Å². The summed E-state index contributed by atoms with van der Waals surface area (Å²) >= 11 is 0. The number of hydrogen-bond acceptors (Lipinski definition) is 3. The van der Waals surface area contributed by atoms with Gasteiger partial charge in [0.25, 0.3) is 0 Å². The van der Waals surface area contributed by atoms with Gasteiger partial charge in [-0.05, 0) is 23.9 Å². The Kier molecular flexibility index (Phi) is 3.49. The number of aliphatic hydroxyl groups excluding tert-OH is 1. The molecule has 0 aliphatic heterocycles. The van der Waals surface area contributed by atoms with Gasteiger partial charge >= 0.3 is 0 Å². The molecule has 0 spiro atoms. The van der Waals surface area contributed by atoms with Gasteiger partial charge in [0.15, 0.2) is 0 Å². The molecule has 0 radical (unpaired) electrons. The van der Waals surface area contributed by atoms with Gasteiger partial charge in [-0.2, -0.15) is 0 Å². The van der Waals surface area contributed by atoms with Crippen LogP contribution in [0.15, 0.2) is 36.7 Å². The van der Waals surface area contributed by atoms with Gasteiger partial charge in [-0.15, -0.1) is 0 Å². The van der Waals surface area contributed by atoms with E-state index in [1.54, 1.807) is 13.1 Å². The monoisotopic (exact) mass is 216 g/mol. The Bertz CT molecular complexity index is 463. The van der Waals surface area contributed by atoms with Crippen molar-refractivity contribution < 1.29 is 5.11 Å². The molecular weight excluding hydrogens is 200 g/mol. The van der Waals surface area contributed by atoms with Crippen LogP contribution in [0.1, 0.15) is 12.5 Å². The van der Waals surface area contributed by atoms with Crippen molar-refractivity contribution in [3.05, 3.63) is 42.2 Å². The van der Waals surface area contributed by atoms with Crippen LogP contribution in [-0.2, 0) is 6.54 Å². The fraction of sp³-hybridized carbons (Fsp3) is 0.308. The molecule has 0 saturated carbocycles. The summed E-state index contributed by atoms with van der Waals surface area (Å²) in [5, 5.41) is 14.8. The van der Waals surface area contributed by atoms with Crippen LogP contribution in [-0.4, -0.2) is 22.7 Å². The van der Waals surface area contributed by atoms with Gasteiger partial charge in [-0.1, -0.05) is 18.2 Å². The quantitative estimate of drug-likeness (QED) is 0.817. The number of nitrogens with one attached hydrogen (secondary N) is 1. The summed E-state index contributed by atoms with van der Waals surface area (Å²) in [7, 11) is 0. The Morgan fingerprint density at radius 2 is 2.25 bits per heavy atom. The molecule has 0 bridgehead atoms. The number of hydrogen-bond donors (Lipinski definition) is 2. The molecule has 2 aromatic rings. The Labute approximate surface area is 95.1 Å². The van der Waals surface area contributed by atoms with Gasteiger partial charge in [0.05, 0.1) is 6.10 Å². The van der Waals surface area contributed by atoms with E-state index in [0.717, 1.165) is 11.9 Å². The van der Waals surface area contributed by atoms with Crippen molar-refractivity contribution in [3.63, 3.8) is 0 Å². The summed E-state index contributed by atoms with van der Waals surface area (Å²) in [6, 6.07) is 8.20. The van der Waals surface area contributed by atoms with E-state index in [1.807, 2.05) is 18.3 Å².